The first-order valence-corrected chi connectivity index (χ1v) is 7.71. The van der Waals surface area contributed by atoms with Gasteiger partial charge < -0.3 is 10.3 Å². The average molecular weight is 337 g/mol. The van der Waals surface area contributed by atoms with Crippen LogP contribution in [-0.2, 0) is 5.54 Å². The van der Waals surface area contributed by atoms with Crippen molar-refractivity contribution in [3.8, 4) is 11.4 Å². The first-order valence-electron chi connectivity index (χ1n) is 6.91. The average Bonchev–Trinajstić information content (AvgIpc) is 2.84. The normalized spacial score (nSPS) is 18.7. The summed E-state index contributed by atoms with van der Waals surface area (Å²) in [4.78, 5) is 8.61. The monoisotopic (exact) mass is 336 g/mol. The fourth-order valence-corrected chi connectivity index (χ4v) is 3.02. The van der Waals surface area contributed by atoms with E-state index in [9.17, 15) is 0 Å². The molecule has 1 aliphatic carbocycles. The van der Waals surface area contributed by atoms with Crippen LogP contribution in [0.1, 0.15) is 44.4 Å². The van der Waals surface area contributed by atoms with Gasteiger partial charge >= 0.3 is 0 Å². The van der Waals surface area contributed by atoms with Crippen LogP contribution < -0.4 is 5.73 Å². The van der Waals surface area contributed by atoms with Crippen LogP contribution in [0.15, 0.2) is 27.5 Å². The Kier molecular flexibility index (Phi) is 3.85. The highest BCUT2D eigenvalue weighted by Gasteiger charge is 2.34. The smallest absolute Gasteiger partial charge is 0.247 e. The largest absolute Gasteiger partial charge is 0.337 e. The predicted molar refractivity (Wildman–Crippen MR) is 78.8 cm³/mol. The molecule has 2 N–H and O–H groups in total. The molecule has 1 aliphatic rings. The Morgan fingerprint density at radius 1 is 1.15 bits per heavy atom. The first-order chi connectivity index (χ1) is 9.67. The van der Waals surface area contributed by atoms with E-state index in [0.29, 0.717) is 11.7 Å². The Hall–Kier alpha value is -1.27. The Morgan fingerprint density at radius 2 is 1.90 bits per heavy atom. The number of hydrogen-bond donors (Lipinski definition) is 1. The van der Waals surface area contributed by atoms with E-state index in [-0.39, 0.29) is 0 Å². The Bertz CT molecular complexity index is 590. The van der Waals surface area contributed by atoms with E-state index in [2.05, 4.69) is 31.1 Å². The molecule has 106 valence electrons. The lowest BCUT2D eigenvalue weighted by atomic mass is 9.91. The number of aromatic nitrogens is 3. The van der Waals surface area contributed by atoms with Gasteiger partial charge in [-0.15, -0.1) is 0 Å². The molecule has 2 aromatic heterocycles. The summed E-state index contributed by atoms with van der Waals surface area (Å²) in [5.74, 6) is 1.09. The number of rotatable bonds is 2. The van der Waals surface area contributed by atoms with Gasteiger partial charge in [-0.25, -0.2) is 0 Å². The molecule has 0 bridgehead atoms. The zero-order valence-electron chi connectivity index (χ0n) is 11.2. The minimum Gasteiger partial charge on any atom is -0.337 e. The molecule has 0 radical (unpaired) electrons. The Balaban J connectivity index is 1.89. The van der Waals surface area contributed by atoms with Gasteiger partial charge in [0.05, 0.1) is 5.54 Å². The van der Waals surface area contributed by atoms with Crippen LogP contribution in [0.3, 0.4) is 0 Å². The van der Waals surface area contributed by atoms with Gasteiger partial charge in [0.15, 0.2) is 0 Å². The van der Waals surface area contributed by atoms with Crippen molar-refractivity contribution in [2.75, 3.05) is 0 Å². The fraction of sp³-hybridized carbons (Fsp3) is 0.500. The zero-order chi connectivity index (χ0) is 14.0. The fourth-order valence-electron chi connectivity index (χ4n) is 2.65. The molecule has 0 atom stereocenters. The molecule has 0 aliphatic heterocycles. The summed E-state index contributed by atoms with van der Waals surface area (Å²) in [5, 5.41) is 4.05. The summed E-state index contributed by atoms with van der Waals surface area (Å²) in [6.45, 7) is 0. The molecule has 5 nitrogen and oxygen atoms in total. The third-order valence-electron chi connectivity index (χ3n) is 3.81. The highest BCUT2D eigenvalue weighted by molar-refractivity contribution is 9.10. The quantitative estimate of drug-likeness (QED) is 0.850. The van der Waals surface area contributed by atoms with Crippen LogP contribution in [0.4, 0.5) is 0 Å². The second-order valence-electron chi connectivity index (χ2n) is 5.39. The SMILES string of the molecule is NC1(c2nc(-c3cncc(Br)c3)no2)CCCCCC1. The van der Waals surface area contributed by atoms with Crippen LogP contribution in [0.2, 0.25) is 0 Å². The van der Waals surface area contributed by atoms with Gasteiger partial charge in [0.1, 0.15) is 0 Å². The van der Waals surface area contributed by atoms with Gasteiger partial charge in [0, 0.05) is 22.4 Å². The minimum absolute atomic E-state index is 0.471. The number of nitrogens with two attached hydrogens (primary N) is 1. The van der Waals surface area contributed by atoms with Gasteiger partial charge in [-0.2, -0.15) is 4.98 Å². The van der Waals surface area contributed by atoms with Crippen LogP contribution in [-0.4, -0.2) is 15.1 Å². The maximum Gasteiger partial charge on any atom is 0.247 e. The van der Waals surface area contributed by atoms with Crippen molar-refractivity contribution in [3.63, 3.8) is 0 Å². The summed E-state index contributed by atoms with van der Waals surface area (Å²) >= 11 is 3.39. The van der Waals surface area contributed by atoms with Crippen molar-refractivity contribution in [3.05, 3.63) is 28.8 Å². The molecular formula is C14H17BrN4O. The van der Waals surface area contributed by atoms with Gasteiger partial charge in [-0.3, -0.25) is 4.98 Å². The lowest BCUT2D eigenvalue weighted by Crippen LogP contribution is -2.36. The van der Waals surface area contributed by atoms with Crippen molar-refractivity contribution in [2.45, 2.75) is 44.1 Å². The van der Waals surface area contributed by atoms with Gasteiger partial charge in [0.25, 0.3) is 0 Å². The molecule has 20 heavy (non-hydrogen) atoms. The summed E-state index contributed by atoms with van der Waals surface area (Å²) in [6, 6.07) is 1.91. The number of hydrogen-bond acceptors (Lipinski definition) is 5. The molecule has 2 aromatic rings. The molecule has 2 heterocycles. The summed E-state index contributed by atoms with van der Waals surface area (Å²) in [5.41, 5.74) is 6.84. The maximum absolute atomic E-state index is 6.48. The first kappa shape index (κ1) is 13.7. The third kappa shape index (κ3) is 2.76. The molecule has 0 amide bonds. The lowest BCUT2D eigenvalue weighted by molar-refractivity contribution is 0.257. The third-order valence-corrected chi connectivity index (χ3v) is 4.24. The van der Waals surface area contributed by atoms with Crippen molar-refractivity contribution in [1.29, 1.82) is 0 Å². The standard InChI is InChI=1S/C14H17BrN4O/c15-11-7-10(8-17-9-11)12-18-13(20-19-12)14(16)5-3-1-2-4-6-14/h7-9H,1-6,16H2. The Morgan fingerprint density at radius 3 is 2.60 bits per heavy atom. The molecule has 1 saturated carbocycles. The van der Waals surface area contributed by atoms with Crippen LogP contribution in [0.5, 0.6) is 0 Å². The van der Waals surface area contributed by atoms with Gasteiger partial charge in [-0.1, -0.05) is 30.8 Å². The second-order valence-corrected chi connectivity index (χ2v) is 6.30. The Labute approximate surface area is 126 Å². The molecule has 1 fully saturated rings. The van der Waals surface area contributed by atoms with Gasteiger partial charge in [0.2, 0.25) is 11.7 Å². The highest BCUT2D eigenvalue weighted by Crippen LogP contribution is 2.33. The summed E-state index contributed by atoms with van der Waals surface area (Å²) in [6.07, 6.45) is 9.96. The van der Waals surface area contributed by atoms with Crippen molar-refractivity contribution >= 4 is 15.9 Å². The van der Waals surface area contributed by atoms with E-state index in [1.807, 2.05) is 6.07 Å². The topological polar surface area (TPSA) is 77.8 Å². The molecule has 0 spiro atoms. The molecule has 3 rings (SSSR count). The molecule has 0 unspecified atom stereocenters. The molecule has 6 heteroatoms. The molecular weight excluding hydrogens is 320 g/mol. The molecule has 0 saturated heterocycles. The lowest BCUT2D eigenvalue weighted by Gasteiger charge is -2.22. The van der Waals surface area contributed by atoms with Gasteiger partial charge in [-0.05, 0) is 34.8 Å². The van der Waals surface area contributed by atoms with E-state index in [1.54, 1.807) is 12.4 Å². The van der Waals surface area contributed by atoms with Crippen LogP contribution in [0.25, 0.3) is 11.4 Å². The number of pyridine rings is 1. The van der Waals surface area contributed by atoms with E-state index in [4.69, 9.17) is 10.3 Å². The number of halogens is 1. The summed E-state index contributed by atoms with van der Waals surface area (Å²) < 4.78 is 6.32. The minimum atomic E-state index is -0.471. The van der Waals surface area contributed by atoms with Crippen molar-refractivity contribution in [2.24, 2.45) is 5.73 Å². The van der Waals surface area contributed by atoms with E-state index in [1.165, 1.54) is 12.8 Å². The van der Waals surface area contributed by atoms with E-state index < -0.39 is 5.54 Å². The maximum atomic E-state index is 6.48. The van der Waals surface area contributed by atoms with Crippen LogP contribution >= 0.6 is 15.9 Å². The predicted octanol–water partition coefficient (Wildman–Crippen LogP) is 3.40. The highest BCUT2D eigenvalue weighted by atomic mass is 79.9. The van der Waals surface area contributed by atoms with E-state index in [0.717, 1.165) is 35.7 Å². The van der Waals surface area contributed by atoms with Crippen molar-refractivity contribution in [1.82, 2.24) is 15.1 Å². The summed E-state index contributed by atoms with van der Waals surface area (Å²) in [7, 11) is 0. The van der Waals surface area contributed by atoms with Crippen LogP contribution in [0, 0.1) is 0 Å². The molecule has 0 aromatic carbocycles. The van der Waals surface area contributed by atoms with Crippen molar-refractivity contribution < 1.29 is 4.52 Å². The number of nitrogens with zero attached hydrogens (tertiary/aromatic N) is 3. The zero-order valence-corrected chi connectivity index (χ0v) is 12.8. The van der Waals surface area contributed by atoms with E-state index >= 15 is 0 Å². The second kappa shape index (κ2) is 5.61.